The molecule has 0 saturated heterocycles. The maximum Gasteiger partial charge on any atom is 0.276 e. The van der Waals surface area contributed by atoms with Crippen LogP contribution in [0, 0.1) is 6.92 Å². The summed E-state index contributed by atoms with van der Waals surface area (Å²) in [6.45, 7) is 1.83. The monoisotopic (exact) mass is 208 g/mol. The molecule has 1 amide bonds. The van der Waals surface area contributed by atoms with Crippen LogP contribution in [0.15, 0.2) is 6.20 Å². The SMILES string of the molecule is Cc1cnc(NC(=O)C(F)Cl)s1. The third-order valence-corrected chi connectivity index (χ3v) is 2.08. The van der Waals surface area contributed by atoms with Crippen LogP contribution in [-0.2, 0) is 4.79 Å². The number of carbonyl (C=O) groups is 1. The second-order valence-corrected chi connectivity index (χ2v) is 3.68. The lowest BCUT2D eigenvalue weighted by Gasteiger charge is -1.98. The number of nitrogens with zero attached hydrogens (tertiary/aromatic N) is 1. The Labute approximate surface area is 77.6 Å². The van der Waals surface area contributed by atoms with Crippen molar-refractivity contribution in [1.29, 1.82) is 0 Å². The van der Waals surface area contributed by atoms with Crippen molar-refractivity contribution in [2.24, 2.45) is 0 Å². The Bertz CT molecular complexity index is 289. The van der Waals surface area contributed by atoms with E-state index < -0.39 is 11.5 Å². The summed E-state index contributed by atoms with van der Waals surface area (Å²) < 4.78 is 12.1. The van der Waals surface area contributed by atoms with E-state index in [4.69, 9.17) is 11.6 Å². The van der Waals surface area contributed by atoms with E-state index in [0.29, 0.717) is 5.13 Å². The molecule has 1 atom stereocenters. The Morgan fingerprint density at radius 2 is 2.58 bits per heavy atom. The zero-order valence-corrected chi connectivity index (χ0v) is 7.75. The van der Waals surface area contributed by atoms with Crippen LogP contribution in [0.1, 0.15) is 4.88 Å². The molecule has 0 fully saturated rings. The standard InChI is InChI=1S/C6H6ClFN2OS/c1-3-2-9-6(12-3)10-5(11)4(7)8/h2,4H,1H3,(H,9,10,11). The van der Waals surface area contributed by atoms with Gasteiger partial charge < -0.3 is 0 Å². The smallest absolute Gasteiger partial charge is 0.276 e. The Kier molecular flexibility index (Phi) is 2.99. The van der Waals surface area contributed by atoms with Crippen LogP contribution in [-0.4, -0.2) is 16.5 Å². The number of carbonyl (C=O) groups excluding carboxylic acids is 1. The fourth-order valence-electron chi connectivity index (χ4n) is 0.572. The minimum absolute atomic E-state index is 0.362. The van der Waals surface area contributed by atoms with Gasteiger partial charge in [-0.05, 0) is 6.92 Å². The van der Waals surface area contributed by atoms with Crippen LogP contribution in [0.4, 0.5) is 9.52 Å². The van der Waals surface area contributed by atoms with E-state index in [1.807, 2.05) is 6.92 Å². The Balaban J connectivity index is 2.58. The molecule has 0 aliphatic heterocycles. The number of rotatable bonds is 2. The number of hydrogen-bond acceptors (Lipinski definition) is 3. The molecule has 0 aliphatic carbocycles. The molecular weight excluding hydrogens is 203 g/mol. The summed E-state index contributed by atoms with van der Waals surface area (Å²) in [5.74, 6) is -0.883. The number of aromatic nitrogens is 1. The molecule has 1 rings (SSSR count). The predicted octanol–water partition coefficient (Wildman–Crippen LogP) is 1.92. The predicted molar refractivity (Wildman–Crippen MR) is 46.2 cm³/mol. The van der Waals surface area contributed by atoms with Crippen molar-refractivity contribution in [3.63, 3.8) is 0 Å². The van der Waals surface area contributed by atoms with Gasteiger partial charge in [0, 0.05) is 11.1 Å². The third kappa shape index (κ3) is 2.42. The number of amides is 1. The highest BCUT2D eigenvalue weighted by atomic mass is 35.5. The number of alkyl halides is 2. The highest BCUT2D eigenvalue weighted by molar-refractivity contribution is 7.15. The topological polar surface area (TPSA) is 42.0 Å². The van der Waals surface area contributed by atoms with Gasteiger partial charge in [0.25, 0.3) is 11.5 Å². The van der Waals surface area contributed by atoms with Crippen molar-refractivity contribution >= 4 is 34.0 Å². The maximum absolute atomic E-state index is 12.1. The molecule has 66 valence electrons. The van der Waals surface area contributed by atoms with E-state index in [-0.39, 0.29) is 0 Å². The van der Waals surface area contributed by atoms with Crippen molar-refractivity contribution in [3.05, 3.63) is 11.1 Å². The van der Waals surface area contributed by atoms with Gasteiger partial charge in [-0.15, -0.1) is 11.3 Å². The van der Waals surface area contributed by atoms with Gasteiger partial charge in [0.1, 0.15) is 0 Å². The zero-order chi connectivity index (χ0) is 9.14. The fourth-order valence-corrected chi connectivity index (χ4v) is 1.29. The number of halogens is 2. The van der Waals surface area contributed by atoms with Crippen molar-refractivity contribution in [2.75, 3.05) is 5.32 Å². The molecule has 0 aromatic carbocycles. The van der Waals surface area contributed by atoms with Gasteiger partial charge in [-0.25, -0.2) is 9.37 Å². The Morgan fingerprint density at radius 1 is 1.92 bits per heavy atom. The van der Waals surface area contributed by atoms with E-state index in [9.17, 15) is 9.18 Å². The van der Waals surface area contributed by atoms with Crippen LogP contribution < -0.4 is 5.32 Å². The second kappa shape index (κ2) is 3.82. The van der Waals surface area contributed by atoms with Gasteiger partial charge in [-0.2, -0.15) is 0 Å². The quantitative estimate of drug-likeness (QED) is 0.755. The number of nitrogens with one attached hydrogen (secondary N) is 1. The highest BCUT2D eigenvalue weighted by Gasteiger charge is 2.14. The molecule has 6 heteroatoms. The summed E-state index contributed by atoms with van der Waals surface area (Å²) in [4.78, 5) is 15.4. The number of thiazole rings is 1. The van der Waals surface area contributed by atoms with Crippen LogP contribution in [0.25, 0.3) is 0 Å². The van der Waals surface area contributed by atoms with Gasteiger partial charge in [0.2, 0.25) is 0 Å². The first-order valence-corrected chi connectivity index (χ1v) is 4.36. The van der Waals surface area contributed by atoms with Gasteiger partial charge in [-0.3, -0.25) is 10.1 Å². The van der Waals surface area contributed by atoms with E-state index in [1.165, 1.54) is 11.3 Å². The number of hydrogen-bond donors (Lipinski definition) is 1. The minimum atomic E-state index is -2.02. The van der Waals surface area contributed by atoms with Gasteiger partial charge in [0.15, 0.2) is 5.13 Å². The summed E-state index contributed by atoms with van der Waals surface area (Å²) in [5, 5.41) is 2.59. The average molecular weight is 209 g/mol. The summed E-state index contributed by atoms with van der Waals surface area (Å²) >= 11 is 6.15. The first kappa shape index (κ1) is 9.41. The van der Waals surface area contributed by atoms with E-state index in [1.54, 1.807) is 6.20 Å². The van der Waals surface area contributed by atoms with Crippen molar-refractivity contribution < 1.29 is 9.18 Å². The molecule has 0 aliphatic rings. The van der Waals surface area contributed by atoms with Crippen molar-refractivity contribution in [3.8, 4) is 0 Å². The Morgan fingerprint density at radius 3 is 3.00 bits per heavy atom. The molecule has 0 saturated carbocycles. The first-order chi connectivity index (χ1) is 5.59. The molecule has 1 heterocycles. The fraction of sp³-hybridized carbons (Fsp3) is 0.333. The van der Waals surface area contributed by atoms with Crippen LogP contribution in [0.5, 0.6) is 0 Å². The van der Waals surface area contributed by atoms with E-state index in [2.05, 4.69) is 10.3 Å². The lowest BCUT2D eigenvalue weighted by molar-refractivity contribution is -0.118. The molecular formula is C6H6ClFN2OS. The van der Waals surface area contributed by atoms with Crippen LogP contribution >= 0.6 is 22.9 Å². The van der Waals surface area contributed by atoms with E-state index in [0.717, 1.165) is 4.88 Å². The molecule has 0 radical (unpaired) electrons. The third-order valence-electron chi connectivity index (χ3n) is 1.05. The largest absolute Gasteiger partial charge is 0.298 e. The lowest BCUT2D eigenvalue weighted by Crippen LogP contribution is -2.18. The summed E-state index contributed by atoms with van der Waals surface area (Å²) in [5.41, 5.74) is -2.02. The van der Waals surface area contributed by atoms with E-state index >= 15 is 0 Å². The molecule has 0 spiro atoms. The molecule has 12 heavy (non-hydrogen) atoms. The average Bonchev–Trinajstić information content (AvgIpc) is 2.35. The van der Waals surface area contributed by atoms with Gasteiger partial charge in [-0.1, -0.05) is 11.6 Å². The normalized spacial score (nSPS) is 12.6. The molecule has 1 aromatic rings. The number of aryl methyl sites for hydroxylation is 1. The highest BCUT2D eigenvalue weighted by Crippen LogP contribution is 2.17. The number of anilines is 1. The van der Waals surface area contributed by atoms with Crippen LogP contribution in [0.3, 0.4) is 0 Å². The van der Waals surface area contributed by atoms with Crippen LogP contribution in [0.2, 0.25) is 0 Å². The zero-order valence-electron chi connectivity index (χ0n) is 6.17. The molecule has 3 nitrogen and oxygen atoms in total. The maximum atomic E-state index is 12.1. The first-order valence-electron chi connectivity index (χ1n) is 3.11. The minimum Gasteiger partial charge on any atom is -0.298 e. The van der Waals surface area contributed by atoms with Crippen molar-refractivity contribution in [1.82, 2.24) is 4.98 Å². The summed E-state index contributed by atoms with van der Waals surface area (Å²) in [6.07, 6.45) is 1.59. The molecule has 0 bridgehead atoms. The lowest BCUT2D eigenvalue weighted by atomic mass is 10.6. The second-order valence-electron chi connectivity index (χ2n) is 2.07. The van der Waals surface area contributed by atoms with Crippen molar-refractivity contribution in [2.45, 2.75) is 12.6 Å². The Hall–Kier alpha value is -0.680. The molecule has 1 N–H and O–H groups in total. The summed E-state index contributed by atoms with van der Waals surface area (Å²) in [7, 11) is 0. The molecule has 1 aromatic heterocycles. The summed E-state index contributed by atoms with van der Waals surface area (Å²) in [6, 6.07) is 0. The van der Waals surface area contributed by atoms with Gasteiger partial charge in [0.05, 0.1) is 0 Å². The van der Waals surface area contributed by atoms with Gasteiger partial charge >= 0.3 is 0 Å². The molecule has 1 unspecified atom stereocenters.